The van der Waals surface area contributed by atoms with Gasteiger partial charge in [0, 0.05) is 29.3 Å². The summed E-state index contributed by atoms with van der Waals surface area (Å²) >= 11 is 3.48. The number of hydrogen-bond acceptors (Lipinski definition) is 2. The first kappa shape index (κ1) is 13.6. The van der Waals surface area contributed by atoms with E-state index in [1.165, 1.54) is 5.56 Å². The maximum Gasteiger partial charge on any atom is 0.122 e. The number of amidine groups is 1. The van der Waals surface area contributed by atoms with Crippen molar-refractivity contribution in [3.63, 3.8) is 0 Å². The molecule has 0 saturated heterocycles. The number of hydrogen-bond donors (Lipinski definition) is 2. The van der Waals surface area contributed by atoms with Gasteiger partial charge in [-0.25, -0.2) is 0 Å². The number of halogens is 1. The molecule has 98 valence electrons. The van der Waals surface area contributed by atoms with Crippen LogP contribution in [0.15, 0.2) is 53.0 Å². The summed E-state index contributed by atoms with van der Waals surface area (Å²) in [7, 11) is 2.05. The van der Waals surface area contributed by atoms with Crippen molar-refractivity contribution in [2.45, 2.75) is 6.54 Å². The van der Waals surface area contributed by atoms with Gasteiger partial charge in [0.25, 0.3) is 0 Å². The molecule has 0 aliphatic rings. The second-order valence-corrected chi connectivity index (χ2v) is 5.36. The number of nitrogens with one attached hydrogen (secondary N) is 1. The van der Waals surface area contributed by atoms with Gasteiger partial charge in [-0.3, -0.25) is 5.41 Å². The molecule has 0 amide bonds. The van der Waals surface area contributed by atoms with Crippen molar-refractivity contribution in [1.29, 1.82) is 5.41 Å². The SMILES string of the molecule is CN(Cc1cccc(Br)c1)c1ccc(C(=N)N)cc1. The number of rotatable bonds is 4. The fourth-order valence-electron chi connectivity index (χ4n) is 1.90. The zero-order chi connectivity index (χ0) is 13.8. The standard InChI is InChI=1S/C15H16BrN3/c1-19(10-11-3-2-4-13(16)9-11)14-7-5-12(6-8-14)15(17)18/h2-9H,10H2,1H3,(H3,17,18). The van der Waals surface area contributed by atoms with Crippen LogP contribution in [0.1, 0.15) is 11.1 Å². The molecule has 4 heteroatoms. The third-order valence-corrected chi connectivity index (χ3v) is 3.42. The van der Waals surface area contributed by atoms with Crippen LogP contribution < -0.4 is 10.6 Å². The lowest BCUT2D eigenvalue weighted by molar-refractivity contribution is 0.922. The molecule has 0 unspecified atom stereocenters. The Morgan fingerprint density at radius 1 is 1.21 bits per heavy atom. The van der Waals surface area contributed by atoms with Crippen molar-refractivity contribution in [2.24, 2.45) is 5.73 Å². The molecule has 2 rings (SSSR count). The first-order valence-electron chi connectivity index (χ1n) is 5.96. The van der Waals surface area contributed by atoms with Crippen LogP contribution in [0.3, 0.4) is 0 Å². The van der Waals surface area contributed by atoms with Gasteiger partial charge < -0.3 is 10.6 Å². The lowest BCUT2D eigenvalue weighted by atomic mass is 10.1. The van der Waals surface area contributed by atoms with Crippen molar-refractivity contribution < 1.29 is 0 Å². The Morgan fingerprint density at radius 2 is 1.89 bits per heavy atom. The molecule has 19 heavy (non-hydrogen) atoms. The first-order valence-corrected chi connectivity index (χ1v) is 6.75. The van der Waals surface area contributed by atoms with E-state index < -0.39 is 0 Å². The summed E-state index contributed by atoms with van der Waals surface area (Å²) in [6.45, 7) is 0.832. The summed E-state index contributed by atoms with van der Waals surface area (Å²) in [5.41, 5.74) is 8.54. The molecule has 0 fully saturated rings. The number of nitrogens with two attached hydrogens (primary N) is 1. The van der Waals surface area contributed by atoms with E-state index in [1.807, 2.05) is 43.4 Å². The number of nitrogens with zero attached hydrogens (tertiary/aromatic N) is 1. The Balaban J connectivity index is 2.11. The average molecular weight is 318 g/mol. The third-order valence-electron chi connectivity index (χ3n) is 2.93. The Labute approximate surface area is 121 Å². The molecule has 0 spiro atoms. The van der Waals surface area contributed by atoms with E-state index in [1.54, 1.807) is 0 Å². The van der Waals surface area contributed by atoms with Gasteiger partial charge in [0.2, 0.25) is 0 Å². The Kier molecular flexibility index (Phi) is 4.22. The van der Waals surface area contributed by atoms with Gasteiger partial charge in [-0.15, -0.1) is 0 Å². The normalized spacial score (nSPS) is 10.2. The fourth-order valence-corrected chi connectivity index (χ4v) is 2.34. The summed E-state index contributed by atoms with van der Waals surface area (Å²) in [4.78, 5) is 2.16. The minimum Gasteiger partial charge on any atom is -0.384 e. The Hall–Kier alpha value is -1.81. The third kappa shape index (κ3) is 3.58. The molecule has 0 aliphatic carbocycles. The van der Waals surface area contributed by atoms with Gasteiger partial charge >= 0.3 is 0 Å². The average Bonchev–Trinajstić information content (AvgIpc) is 2.39. The molecule has 0 heterocycles. The van der Waals surface area contributed by atoms with Crippen molar-refractivity contribution >= 4 is 27.5 Å². The monoisotopic (exact) mass is 317 g/mol. The maximum absolute atomic E-state index is 7.38. The van der Waals surface area contributed by atoms with Gasteiger partial charge in [0.15, 0.2) is 0 Å². The van der Waals surface area contributed by atoms with Gasteiger partial charge in [-0.1, -0.05) is 28.1 Å². The minimum atomic E-state index is 0.0983. The Morgan fingerprint density at radius 3 is 2.47 bits per heavy atom. The highest BCUT2D eigenvalue weighted by atomic mass is 79.9. The van der Waals surface area contributed by atoms with Crippen LogP contribution in [0.5, 0.6) is 0 Å². The highest BCUT2D eigenvalue weighted by molar-refractivity contribution is 9.10. The van der Waals surface area contributed by atoms with Crippen LogP contribution in [-0.4, -0.2) is 12.9 Å². The van der Waals surface area contributed by atoms with E-state index in [0.717, 1.165) is 22.3 Å². The molecule has 3 nitrogen and oxygen atoms in total. The van der Waals surface area contributed by atoms with E-state index in [-0.39, 0.29) is 5.84 Å². The van der Waals surface area contributed by atoms with Crippen LogP contribution in [0.4, 0.5) is 5.69 Å². The highest BCUT2D eigenvalue weighted by Gasteiger charge is 2.03. The van der Waals surface area contributed by atoms with Gasteiger partial charge in [-0.05, 0) is 42.0 Å². The van der Waals surface area contributed by atoms with Crippen molar-refractivity contribution in [2.75, 3.05) is 11.9 Å². The van der Waals surface area contributed by atoms with Gasteiger partial charge in [-0.2, -0.15) is 0 Å². The van der Waals surface area contributed by atoms with Crippen LogP contribution >= 0.6 is 15.9 Å². The van der Waals surface area contributed by atoms with Gasteiger partial charge in [0.05, 0.1) is 0 Å². The molecule has 2 aromatic carbocycles. The molecule has 0 aromatic heterocycles. The molecule has 2 aromatic rings. The lowest BCUT2D eigenvalue weighted by Crippen LogP contribution is -2.17. The van der Waals surface area contributed by atoms with Crippen molar-refractivity contribution in [1.82, 2.24) is 0 Å². The predicted octanol–water partition coefficient (Wildman–Crippen LogP) is 3.37. The second-order valence-electron chi connectivity index (χ2n) is 4.45. The van der Waals surface area contributed by atoms with Gasteiger partial charge in [0.1, 0.15) is 5.84 Å². The van der Waals surface area contributed by atoms with Crippen LogP contribution in [0, 0.1) is 5.41 Å². The summed E-state index contributed by atoms with van der Waals surface area (Å²) in [5, 5.41) is 7.38. The summed E-state index contributed by atoms with van der Waals surface area (Å²) in [6.07, 6.45) is 0. The van der Waals surface area contributed by atoms with Crippen LogP contribution in [0.25, 0.3) is 0 Å². The lowest BCUT2D eigenvalue weighted by Gasteiger charge is -2.19. The molecule has 0 bridgehead atoms. The molecular formula is C15H16BrN3. The maximum atomic E-state index is 7.38. The second kappa shape index (κ2) is 5.89. The van der Waals surface area contributed by atoms with Crippen LogP contribution in [-0.2, 0) is 6.54 Å². The highest BCUT2D eigenvalue weighted by Crippen LogP contribution is 2.18. The van der Waals surface area contributed by atoms with Crippen molar-refractivity contribution in [3.05, 3.63) is 64.1 Å². The number of benzene rings is 2. The largest absolute Gasteiger partial charge is 0.384 e. The van der Waals surface area contributed by atoms with E-state index in [9.17, 15) is 0 Å². The molecular weight excluding hydrogens is 302 g/mol. The topological polar surface area (TPSA) is 53.1 Å². The summed E-state index contributed by atoms with van der Waals surface area (Å²) in [6, 6.07) is 16.0. The molecule has 3 N–H and O–H groups in total. The first-order chi connectivity index (χ1) is 9.06. The molecule has 0 atom stereocenters. The van der Waals surface area contributed by atoms with E-state index in [4.69, 9.17) is 11.1 Å². The van der Waals surface area contributed by atoms with Crippen molar-refractivity contribution in [3.8, 4) is 0 Å². The quantitative estimate of drug-likeness (QED) is 0.671. The Bertz CT molecular complexity index is 578. The van der Waals surface area contributed by atoms with E-state index >= 15 is 0 Å². The fraction of sp³-hybridized carbons (Fsp3) is 0.133. The molecule has 0 aliphatic heterocycles. The summed E-state index contributed by atoms with van der Waals surface area (Å²) < 4.78 is 1.09. The molecule has 0 radical (unpaired) electrons. The smallest absolute Gasteiger partial charge is 0.122 e. The summed E-state index contributed by atoms with van der Waals surface area (Å²) in [5.74, 6) is 0.0983. The predicted molar refractivity (Wildman–Crippen MR) is 83.7 cm³/mol. The van der Waals surface area contributed by atoms with E-state index in [0.29, 0.717) is 0 Å². The zero-order valence-electron chi connectivity index (χ0n) is 10.7. The number of nitrogen functional groups attached to an aromatic ring is 1. The minimum absolute atomic E-state index is 0.0983. The molecule has 0 saturated carbocycles. The van der Waals surface area contributed by atoms with Crippen LogP contribution in [0.2, 0.25) is 0 Å². The van der Waals surface area contributed by atoms with E-state index in [2.05, 4.69) is 33.0 Å². The number of anilines is 1. The zero-order valence-corrected chi connectivity index (χ0v) is 12.3.